The van der Waals surface area contributed by atoms with Crippen LogP contribution >= 0.6 is 0 Å². The first-order chi connectivity index (χ1) is 8.31. The van der Waals surface area contributed by atoms with Crippen LogP contribution in [-0.4, -0.2) is 32.1 Å². The molecule has 0 amide bonds. The molecule has 0 spiro atoms. The zero-order valence-electron chi connectivity index (χ0n) is 9.60. The summed E-state index contributed by atoms with van der Waals surface area (Å²) in [5, 5.41) is 13.0. The van der Waals surface area contributed by atoms with Gasteiger partial charge in [0.15, 0.2) is 11.5 Å². The first kappa shape index (κ1) is 10.8. The predicted molar refractivity (Wildman–Crippen MR) is 60.1 cm³/mol. The molecule has 0 unspecified atom stereocenters. The van der Waals surface area contributed by atoms with E-state index >= 15 is 0 Å². The normalized spacial score (nSPS) is 25.8. The fourth-order valence-corrected chi connectivity index (χ4v) is 2.36. The van der Waals surface area contributed by atoms with Crippen molar-refractivity contribution < 1.29 is 19.3 Å². The Morgan fingerprint density at radius 2 is 2.29 bits per heavy atom. The fraction of sp³-hybridized carbons (Fsp3) is 0.500. The first-order valence-electron chi connectivity index (χ1n) is 5.68. The van der Waals surface area contributed by atoms with Crippen molar-refractivity contribution in [1.29, 1.82) is 0 Å². The van der Waals surface area contributed by atoms with Crippen LogP contribution in [0, 0.1) is 0 Å². The van der Waals surface area contributed by atoms with E-state index in [-0.39, 0.29) is 12.9 Å². The second-order valence-electron chi connectivity index (χ2n) is 4.20. The fourth-order valence-electron chi connectivity index (χ4n) is 2.36. The van der Waals surface area contributed by atoms with E-state index in [9.17, 15) is 5.11 Å². The van der Waals surface area contributed by atoms with Gasteiger partial charge < -0.3 is 24.6 Å². The molecule has 0 radical (unpaired) electrons. The van der Waals surface area contributed by atoms with E-state index in [1.165, 1.54) is 0 Å². The minimum Gasteiger partial charge on any atom is -0.454 e. The van der Waals surface area contributed by atoms with Gasteiger partial charge in [-0.15, -0.1) is 0 Å². The molecule has 0 aliphatic carbocycles. The molecule has 3 rings (SSSR count). The van der Waals surface area contributed by atoms with Crippen molar-refractivity contribution in [3.63, 3.8) is 0 Å². The molecule has 0 aromatic heterocycles. The van der Waals surface area contributed by atoms with E-state index in [0.717, 1.165) is 16.9 Å². The Labute approximate surface area is 99.3 Å². The zero-order chi connectivity index (χ0) is 11.8. The quantitative estimate of drug-likeness (QED) is 0.794. The summed E-state index contributed by atoms with van der Waals surface area (Å²) in [6.45, 7) is 1.23. The van der Waals surface area contributed by atoms with E-state index in [2.05, 4.69) is 5.32 Å². The molecule has 1 aromatic carbocycles. The van der Waals surface area contributed by atoms with Crippen LogP contribution in [0.4, 0.5) is 0 Å². The molecule has 0 saturated carbocycles. The third-order valence-corrected chi connectivity index (χ3v) is 3.14. The number of rotatable bonds is 2. The topological polar surface area (TPSA) is 60.0 Å². The molecule has 0 bridgehead atoms. The average Bonchev–Trinajstić information content (AvgIpc) is 2.80. The SMILES string of the molecule is CNC[C@H]1OC[C@@H](O)c2ccc3c(c21)OCO3. The molecule has 2 heterocycles. The minimum atomic E-state index is -0.590. The maximum atomic E-state index is 9.94. The maximum absolute atomic E-state index is 9.94. The highest BCUT2D eigenvalue weighted by Crippen LogP contribution is 2.45. The second kappa shape index (κ2) is 4.18. The summed E-state index contributed by atoms with van der Waals surface area (Å²) in [6, 6.07) is 3.73. The molecule has 2 aliphatic heterocycles. The smallest absolute Gasteiger partial charge is 0.231 e. The highest BCUT2D eigenvalue weighted by atomic mass is 16.7. The van der Waals surface area contributed by atoms with Gasteiger partial charge in [0, 0.05) is 12.1 Å². The number of benzene rings is 1. The third kappa shape index (κ3) is 1.67. The summed E-state index contributed by atoms with van der Waals surface area (Å²) in [5.41, 5.74) is 1.79. The molecule has 5 nitrogen and oxygen atoms in total. The number of aliphatic hydroxyl groups excluding tert-OH is 1. The molecule has 17 heavy (non-hydrogen) atoms. The minimum absolute atomic E-state index is 0.102. The van der Waals surface area contributed by atoms with Crippen LogP contribution in [0.15, 0.2) is 12.1 Å². The summed E-state index contributed by atoms with van der Waals surface area (Å²) >= 11 is 0. The summed E-state index contributed by atoms with van der Waals surface area (Å²) in [7, 11) is 1.87. The Morgan fingerprint density at radius 1 is 1.41 bits per heavy atom. The Hall–Kier alpha value is -1.30. The first-order valence-corrected chi connectivity index (χ1v) is 5.68. The highest BCUT2D eigenvalue weighted by molar-refractivity contribution is 5.54. The molecule has 92 valence electrons. The van der Waals surface area contributed by atoms with Crippen molar-refractivity contribution in [3.05, 3.63) is 23.3 Å². The standard InChI is InChI=1S/C12H15NO4/c1-13-4-10-11-7(8(14)5-15-10)2-3-9-12(11)17-6-16-9/h2-3,8,10,13-14H,4-6H2,1H3/t8-,10-/m1/s1. The van der Waals surface area contributed by atoms with Crippen molar-refractivity contribution in [2.45, 2.75) is 12.2 Å². The van der Waals surface area contributed by atoms with Crippen molar-refractivity contribution >= 4 is 0 Å². The summed E-state index contributed by atoms with van der Waals surface area (Å²) in [4.78, 5) is 0. The monoisotopic (exact) mass is 237 g/mol. The van der Waals surface area contributed by atoms with E-state index in [1.54, 1.807) is 0 Å². The average molecular weight is 237 g/mol. The van der Waals surface area contributed by atoms with Crippen LogP contribution in [-0.2, 0) is 4.74 Å². The van der Waals surface area contributed by atoms with E-state index < -0.39 is 6.10 Å². The van der Waals surface area contributed by atoms with E-state index in [1.807, 2.05) is 19.2 Å². The van der Waals surface area contributed by atoms with Gasteiger partial charge in [-0.1, -0.05) is 6.07 Å². The molecule has 2 aliphatic rings. The molecule has 1 aromatic rings. The Balaban J connectivity index is 2.09. The molecular weight excluding hydrogens is 222 g/mol. The van der Waals surface area contributed by atoms with Crippen LogP contribution in [0.5, 0.6) is 11.5 Å². The van der Waals surface area contributed by atoms with Gasteiger partial charge in [0.2, 0.25) is 6.79 Å². The number of aliphatic hydroxyl groups is 1. The summed E-state index contributed by atoms with van der Waals surface area (Å²) in [5.74, 6) is 1.43. The number of ether oxygens (including phenoxy) is 3. The molecule has 0 saturated heterocycles. The summed E-state index contributed by atoms with van der Waals surface area (Å²) < 4.78 is 16.5. The highest BCUT2D eigenvalue weighted by Gasteiger charge is 2.33. The van der Waals surface area contributed by atoms with Crippen LogP contribution in [0.25, 0.3) is 0 Å². The lowest BCUT2D eigenvalue weighted by molar-refractivity contribution is -0.0301. The van der Waals surface area contributed by atoms with Crippen molar-refractivity contribution in [2.75, 3.05) is 27.0 Å². The lowest BCUT2D eigenvalue weighted by atomic mass is 9.94. The Bertz CT molecular complexity index is 435. The number of hydrogen-bond donors (Lipinski definition) is 2. The lowest BCUT2D eigenvalue weighted by Crippen LogP contribution is -2.28. The van der Waals surface area contributed by atoms with Gasteiger partial charge in [0.25, 0.3) is 0 Å². The maximum Gasteiger partial charge on any atom is 0.231 e. The molecule has 0 fully saturated rings. The van der Waals surface area contributed by atoms with Crippen LogP contribution in [0.3, 0.4) is 0 Å². The second-order valence-corrected chi connectivity index (χ2v) is 4.20. The van der Waals surface area contributed by atoms with E-state index in [4.69, 9.17) is 14.2 Å². The summed E-state index contributed by atoms with van der Waals surface area (Å²) in [6.07, 6.45) is -0.692. The van der Waals surface area contributed by atoms with Crippen LogP contribution in [0.1, 0.15) is 23.3 Å². The van der Waals surface area contributed by atoms with Crippen LogP contribution < -0.4 is 14.8 Å². The van der Waals surface area contributed by atoms with Gasteiger partial charge in [-0.2, -0.15) is 0 Å². The number of fused-ring (bicyclic) bond motifs is 3. The van der Waals surface area contributed by atoms with Gasteiger partial charge in [-0.25, -0.2) is 0 Å². The predicted octanol–water partition coefficient (Wildman–Crippen LogP) is 0.739. The number of nitrogens with one attached hydrogen (secondary N) is 1. The van der Waals surface area contributed by atoms with E-state index in [0.29, 0.717) is 18.9 Å². The zero-order valence-corrected chi connectivity index (χ0v) is 9.60. The largest absolute Gasteiger partial charge is 0.454 e. The van der Waals surface area contributed by atoms with Gasteiger partial charge >= 0.3 is 0 Å². The Kier molecular flexibility index (Phi) is 2.66. The Morgan fingerprint density at radius 3 is 3.12 bits per heavy atom. The number of hydrogen-bond acceptors (Lipinski definition) is 5. The van der Waals surface area contributed by atoms with Crippen molar-refractivity contribution in [2.24, 2.45) is 0 Å². The van der Waals surface area contributed by atoms with Crippen LogP contribution in [0.2, 0.25) is 0 Å². The molecule has 2 atom stereocenters. The van der Waals surface area contributed by atoms with Gasteiger partial charge in [-0.05, 0) is 18.7 Å². The van der Waals surface area contributed by atoms with Gasteiger partial charge in [0.1, 0.15) is 6.10 Å². The molecule has 2 N–H and O–H groups in total. The molecular formula is C12H15NO4. The lowest BCUT2D eigenvalue weighted by Gasteiger charge is -2.30. The van der Waals surface area contributed by atoms with Crippen molar-refractivity contribution in [1.82, 2.24) is 5.32 Å². The third-order valence-electron chi connectivity index (χ3n) is 3.14. The van der Waals surface area contributed by atoms with Gasteiger partial charge in [-0.3, -0.25) is 0 Å². The van der Waals surface area contributed by atoms with Gasteiger partial charge in [0.05, 0.1) is 12.7 Å². The molecule has 5 heteroatoms. The van der Waals surface area contributed by atoms with Crippen molar-refractivity contribution in [3.8, 4) is 11.5 Å². The number of likely N-dealkylation sites (N-methyl/N-ethyl adjacent to an activating group) is 1.